The first kappa shape index (κ1) is 14.7. The lowest BCUT2D eigenvalue weighted by Crippen LogP contribution is -2.36. The zero-order valence-corrected chi connectivity index (χ0v) is 7.96. The van der Waals surface area contributed by atoms with E-state index in [0.29, 0.717) is 6.42 Å². The van der Waals surface area contributed by atoms with Crippen LogP contribution in [0.3, 0.4) is 0 Å². The molecule has 0 atom stereocenters. The van der Waals surface area contributed by atoms with Gasteiger partial charge in [0, 0.05) is 6.04 Å². The van der Waals surface area contributed by atoms with Crippen LogP contribution in [-0.4, -0.2) is 25.8 Å². The van der Waals surface area contributed by atoms with Crippen LogP contribution < -0.4 is 0 Å². The third-order valence-electron chi connectivity index (χ3n) is 0.933. The predicted octanol–water partition coefficient (Wildman–Crippen LogP) is 1.54. The number of alkyl halides is 1. The van der Waals surface area contributed by atoms with Gasteiger partial charge in [-0.05, 0) is 24.8 Å². The van der Waals surface area contributed by atoms with Gasteiger partial charge < -0.3 is 4.43 Å². The maximum Gasteiger partial charge on any atom is 0.580 e. The van der Waals surface area contributed by atoms with Crippen LogP contribution in [0.2, 0.25) is 6.04 Å². The molecule has 0 saturated heterocycles. The molecule has 76 valence electrons. The van der Waals surface area contributed by atoms with E-state index < -0.39 is 14.8 Å². The first-order valence-corrected chi connectivity index (χ1v) is 5.41. The highest BCUT2D eigenvalue weighted by molar-refractivity contribution is 6.59. The van der Waals surface area contributed by atoms with Gasteiger partial charge in [-0.3, -0.25) is 0 Å². The topological polar surface area (TPSA) is 9.23 Å². The summed E-state index contributed by atoms with van der Waals surface area (Å²) in [5.74, 6) is -2.20. The fraction of sp³-hybridized carbons (Fsp3) is 1.00. The SMILES string of the molecule is CCC[Si](F)(F)OC(C)(C)F.[SiH4]. The summed E-state index contributed by atoms with van der Waals surface area (Å²) in [5, 5.41) is 0. The van der Waals surface area contributed by atoms with Crippen molar-refractivity contribution < 1.29 is 17.0 Å². The number of rotatable bonds is 4. The smallest absolute Gasteiger partial charge is 0.334 e. The minimum Gasteiger partial charge on any atom is -0.334 e. The summed E-state index contributed by atoms with van der Waals surface area (Å²) in [6, 6.07) is -0.305. The van der Waals surface area contributed by atoms with Crippen molar-refractivity contribution in [3.63, 3.8) is 0 Å². The van der Waals surface area contributed by atoms with Gasteiger partial charge in [-0.1, -0.05) is 13.3 Å². The molecule has 0 aliphatic heterocycles. The number of hydrogen-bond acceptors (Lipinski definition) is 1. The Morgan fingerprint density at radius 1 is 1.33 bits per heavy atom. The molecule has 0 unspecified atom stereocenters. The fourth-order valence-electron chi connectivity index (χ4n) is 0.697. The molecule has 0 fully saturated rings. The van der Waals surface area contributed by atoms with Gasteiger partial charge in [-0.2, -0.15) is 0 Å². The van der Waals surface area contributed by atoms with Crippen LogP contribution in [-0.2, 0) is 4.43 Å². The second-order valence-corrected chi connectivity index (χ2v) is 4.83. The maximum absolute atomic E-state index is 12.6. The largest absolute Gasteiger partial charge is 0.580 e. The third-order valence-corrected chi connectivity index (χ3v) is 2.80. The Labute approximate surface area is 76.8 Å². The van der Waals surface area contributed by atoms with Crippen LogP contribution >= 0.6 is 0 Å². The third kappa shape index (κ3) is 8.28. The van der Waals surface area contributed by atoms with Gasteiger partial charge in [0.05, 0.1) is 0 Å². The molecule has 0 saturated carbocycles. The predicted molar refractivity (Wildman–Crippen MR) is 50.7 cm³/mol. The van der Waals surface area contributed by atoms with E-state index in [-0.39, 0.29) is 17.0 Å². The summed E-state index contributed by atoms with van der Waals surface area (Å²) in [6.45, 7) is 3.60. The molecule has 0 heterocycles. The average Bonchev–Trinajstić information content (AvgIpc) is 1.55. The second kappa shape index (κ2) is 5.03. The van der Waals surface area contributed by atoms with Crippen molar-refractivity contribution in [2.24, 2.45) is 0 Å². The Morgan fingerprint density at radius 3 is 2.00 bits per heavy atom. The van der Waals surface area contributed by atoms with Gasteiger partial charge in [-0.25, -0.2) is 12.6 Å². The lowest BCUT2D eigenvalue weighted by atomic mass is 10.4. The molecule has 6 heteroatoms. The lowest BCUT2D eigenvalue weighted by molar-refractivity contribution is -0.0557. The fourth-order valence-corrected chi connectivity index (χ4v) is 2.09. The quantitative estimate of drug-likeness (QED) is 0.514. The van der Waals surface area contributed by atoms with Crippen molar-refractivity contribution in [3.05, 3.63) is 0 Å². The van der Waals surface area contributed by atoms with E-state index in [1.807, 2.05) is 0 Å². The van der Waals surface area contributed by atoms with Crippen molar-refractivity contribution in [3.8, 4) is 0 Å². The van der Waals surface area contributed by atoms with Gasteiger partial charge in [0.25, 0.3) is 0 Å². The van der Waals surface area contributed by atoms with Crippen LogP contribution in [0.25, 0.3) is 0 Å². The molecule has 0 amide bonds. The van der Waals surface area contributed by atoms with Gasteiger partial charge in [0.2, 0.25) is 0 Å². The molecule has 0 bridgehead atoms. The molecule has 0 aromatic rings. The number of hydrogen-bond donors (Lipinski definition) is 0. The summed E-state index contributed by atoms with van der Waals surface area (Å²) >= 11 is 0. The van der Waals surface area contributed by atoms with E-state index in [4.69, 9.17) is 0 Å². The molecule has 0 spiro atoms. The molecule has 0 rings (SSSR count). The minimum absolute atomic E-state index is 0. The van der Waals surface area contributed by atoms with Crippen molar-refractivity contribution in [2.45, 2.75) is 39.1 Å². The van der Waals surface area contributed by atoms with Crippen LogP contribution in [0.4, 0.5) is 12.6 Å². The molecular formula is C6H17F3OSi2. The summed E-state index contributed by atoms with van der Waals surface area (Å²) in [4.78, 5) is 0. The standard InChI is InChI=1S/C6H13F3OSi.H4Si/c1-4-5-11(8,9)10-6(2,3)7;/h4-5H2,1-3H3;1H4. The summed E-state index contributed by atoms with van der Waals surface area (Å²) in [6.07, 6.45) is 0.329. The van der Waals surface area contributed by atoms with E-state index in [2.05, 4.69) is 4.43 Å². The molecule has 0 aliphatic carbocycles. The van der Waals surface area contributed by atoms with Gasteiger partial charge in [0.15, 0.2) is 5.85 Å². The van der Waals surface area contributed by atoms with E-state index >= 15 is 0 Å². The van der Waals surface area contributed by atoms with Crippen LogP contribution in [0.15, 0.2) is 0 Å². The molecule has 0 aliphatic rings. The Bertz CT molecular complexity index is 124. The maximum atomic E-state index is 12.6. The van der Waals surface area contributed by atoms with Gasteiger partial charge in [-0.15, -0.1) is 0 Å². The Balaban J connectivity index is 0. The van der Waals surface area contributed by atoms with Gasteiger partial charge >= 0.3 is 8.99 Å². The summed E-state index contributed by atoms with van der Waals surface area (Å²) in [7, 11) is -4.71. The molecule has 12 heavy (non-hydrogen) atoms. The van der Waals surface area contributed by atoms with Crippen LogP contribution in [0.1, 0.15) is 27.2 Å². The molecule has 0 aromatic heterocycles. The highest BCUT2D eigenvalue weighted by atomic mass is 28.4. The van der Waals surface area contributed by atoms with Gasteiger partial charge in [0.1, 0.15) is 0 Å². The highest BCUT2D eigenvalue weighted by Gasteiger charge is 2.42. The first-order chi connectivity index (χ1) is 4.77. The Kier molecular flexibility index (Phi) is 6.16. The second-order valence-electron chi connectivity index (χ2n) is 2.85. The van der Waals surface area contributed by atoms with E-state index in [0.717, 1.165) is 13.8 Å². The zero-order valence-electron chi connectivity index (χ0n) is 6.96. The van der Waals surface area contributed by atoms with E-state index in [1.165, 1.54) is 0 Å². The van der Waals surface area contributed by atoms with E-state index in [1.54, 1.807) is 6.92 Å². The number of halogens is 3. The molecule has 1 nitrogen and oxygen atoms in total. The van der Waals surface area contributed by atoms with Crippen LogP contribution in [0, 0.1) is 0 Å². The monoisotopic (exact) mass is 218 g/mol. The highest BCUT2D eigenvalue weighted by Crippen LogP contribution is 2.24. The van der Waals surface area contributed by atoms with E-state index in [9.17, 15) is 12.6 Å². The zero-order chi connectivity index (χ0) is 9.12. The van der Waals surface area contributed by atoms with Crippen molar-refractivity contribution in [2.75, 3.05) is 0 Å². The minimum atomic E-state index is -4.71. The molecule has 0 radical (unpaired) electrons. The summed E-state index contributed by atoms with van der Waals surface area (Å²) < 4.78 is 41.7. The molecule has 0 aromatic carbocycles. The van der Waals surface area contributed by atoms with Crippen molar-refractivity contribution >= 4 is 20.0 Å². The Morgan fingerprint density at radius 2 is 1.75 bits per heavy atom. The van der Waals surface area contributed by atoms with Crippen molar-refractivity contribution in [1.82, 2.24) is 0 Å². The Hall–Kier alpha value is 0.184. The molecular weight excluding hydrogens is 201 g/mol. The summed E-state index contributed by atoms with van der Waals surface area (Å²) in [5.41, 5.74) is 0. The average molecular weight is 218 g/mol. The van der Waals surface area contributed by atoms with Crippen molar-refractivity contribution in [1.29, 1.82) is 0 Å². The lowest BCUT2D eigenvalue weighted by Gasteiger charge is -2.20. The first-order valence-electron chi connectivity index (χ1n) is 3.54. The molecule has 0 N–H and O–H groups in total. The normalized spacial score (nSPS) is 12.5. The van der Waals surface area contributed by atoms with Crippen LogP contribution in [0.5, 0.6) is 0 Å².